The van der Waals surface area contributed by atoms with Gasteiger partial charge in [0.05, 0.1) is 18.0 Å². The summed E-state index contributed by atoms with van der Waals surface area (Å²) in [6, 6.07) is 13.7. The van der Waals surface area contributed by atoms with Crippen LogP contribution in [0.1, 0.15) is 51.3 Å². The van der Waals surface area contributed by atoms with E-state index in [9.17, 15) is 13.2 Å². The molecule has 3 rings (SSSR count). The van der Waals surface area contributed by atoms with Gasteiger partial charge in [-0.25, -0.2) is 8.42 Å². The Hall–Kier alpha value is -2.54. The number of para-hydroxylation sites is 1. The first-order valence-corrected chi connectivity index (χ1v) is 12.0. The summed E-state index contributed by atoms with van der Waals surface area (Å²) in [7, 11) is -3.66. The van der Waals surface area contributed by atoms with Crippen molar-refractivity contribution < 1.29 is 17.9 Å². The molecule has 0 radical (unpaired) electrons. The fraction of sp³-hybridized carbons (Fsp3) is 0.435. The van der Waals surface area contributed by atoms with Crippen molar-refractivity contribution in [3.8, 4) is 5.75 Å². The zero-order chi connectivity index (χ0) is 22.1. The van der Waals surface area contributed by atoms with Crippen LogP contribution in [0.4, 0.5) is 5.69 Å². The van der Waals surface area contributed by atoms with Crippen molar-refractivity contribution >= 4 is 21.6 Å². The normalized spacial score (nSPS) is 18.6. The van der Waals surface area contributed by atoms with Crippen LogP contribution in [0.25, 0.3) is 0 Å². The SMILES string of the molecule is CCc1ccc(N([C@@H](C)C(=O)N[C@@H]2CC(C)(C)Oc3ccccc32)S(C)(=O)=O)cc1. The number of fused-ring (bicyclic) bond motifs is 1. The predicted molar refractivity (Wildman–Crippen MR) is 119 cm³/mol. The van der Waals surface area contributed by atoms with Gasteiger partial charge in [-0.1, -0.05) is 37.3 Å². The molecule has 162 valence electrons. The Morgan fingerprint density at radius 2 is 1.83 bits per heavy atom. The number of hydrogen-bond donors (Lipinski definition) is 1. The van der Waals surface area contributed by atoms with E-state index >= 15 is 0 Å². The minimum absolute atomic E-state index is 0.260. The summed E-state index contributed by atoms with van der Waals surface area (Å²) in [5.74, 6) is 0.388. The Morgan fingerprint density at radius 3 is 2.43 bits per heavy atom. The van der Waals surface area contributed by atoms with E-state index in [4.69, 9.17) is 4.74 Å². The Labute approximate surface area is 179 Å². The third-order valence-electron chi connectivity index (χ3n) is 5.38. The monoisotopic (exact) mass is 430 g/mol. The highest BCUT2D eigenvalue weighted by molar-refractivity contribution is 7.92. The van der Waals surface area contributed by atoms with Crippen molar-refractivity contribution in [3.63, 3.8) is 0 Å². The molecule has 2 aromatic rings. The molecule has 0 fully saturated rings. The lowest BCUT2D eigenvalue weighted by molar-refractivity contribution is -0.123. The van der Waals surface area contributed by atoms with Gasteiger partial charge in [0.25, 0.3) is 0 Å². The van der Waals surface area contributed by atoms with Crippen molar-refractivity contribution in [1.82, 2.24) is 5.32 Å². The van der Waals surface area contributed by atoms with Crippen molar-refractivity contribution in [2.45, 2.75) is 58.2 Å². The number of carbonyl (C=O) groups is 1. The molecule has 1 aliphatic heterocycles. The number of amides is 1. The van der Waals surface area contributed by atoms with Crippen molar-refractivity contribution in [2.75, 3.05) is 10.6 Å². The summed E-state index contributed by atoms with van der Waals surface area (Å²) in [5, 5.41) is 3.05. The average Bonchev–Trinajstić information content (AvgIpc) is 2.66. The highest BCUT2D eigenvalue weighted by Gasteiger charge is 2.36. The molecule has 0 saturated heterocycles. The third-order valence-corrected chi connectivity index (χ3v) is 6.62. The molecule has 1 N–H and O–H groups in total. The molecule has 0 bridgehead atoms. The molecule has 0 unspecified atom stereocenters. The molecule has 0 saturated carbocycles. The summed E-state index contributed by atoms with van der Waals surface area (Å²) >= 11 is 0. The van der Waals surface area contributed by atoms with E-state index in [2.05, 4.69) is 5.32 Å². The number of nitrogens with one attached hydrogen (secondary N) is 1. The molecule has 7 heteroatoms. The summed E-state index contributed by atoms with van der Waals surface area (Å²) in [6.07, 6.45) is 2.57. The second-order valence-electron chi connectivity index (χ2n) is 8.42. The number of ether oxygens (including phenoxy) is 1. The first kappa shape index (κ1) is 22.2. The number of carbonyl (C=O) groups excluding carboxylic acids is 1. The third kappa shape index (κ3) is 4.78. The topological polar surface area (TPSA) is 75.7 Å². The van der Waals surface area contributed by atoms with Crippen LogP contribution in [-0.2, 0) is 21.2 Å². The zero-order valence-electron chi connectivity index (χ0n) is 18.2. The lowest BCUT2D eigenvalue weighted by Crippen LogP contribution is -2.50. The number of benzene rings is 2. The minimum atomic E-state index is -3.66. The van der Waals surface area contributed by atoms with Gasteiger partial charge in [-0.05, 0) is 51.0 Å². The molecule has 1 heterocycles. The fourth-order valence-corrected chi connectivity index (χ4v) is 5.09. The molecule has 30 heavy (non-hydrogen) atoms. The van der Waals surface area contributed by atoms with Gasteiger partial charge >= 0.3 is 0 Å². The van der Waals surface area contributed by atoms with Crippen molar-refractivity contribution in [1.29, 1.82) is 0 Å². The van der Waals surface area contributed by atoms with Gasteiger partial charge in [0.15, 0.2) is 0 Å². The maximum Gasteiger partial charge on any atom is 0.244 e. The van der Waals surface area contributed by atoms with Crippen LogP contribution in [0.15, 0.2) is 48.5 Å². The standard InChI is InChI=1S/C23H30N2O4S/c1-6-17-11-13-18(14-12-17)25(30(5,27)28)16(2)22(26)24-20-15-23(3,4)29-21-10-8-7-9-19(20)21/h7-14,16,20H,6,15H2,1-5H3,(H,24,26)/t16-,20+/m0/s1. The molecule has 0 aliphatic carbocycles. The van der Waals surface area contributed by atoms with Crippen LogP contribution in [0.3, 0.4) is 0 Å². The smallest absolute Gasteiger partial charge is 0.244 e. The highest BCUT2D eigenvalue weighted by Crippen LogP contribution is 2.39. The van der Waals surface area contributed by atoms with E-state index in [0.29, 0.717) is 12.1 Å². The van der Waals surface area contributed by atoms with Crippen LogP contribution < -0.4 is 14.4 Å². The lowest BCUT2D eigenvalue weighted by Gasteiger charge is -2.38. The second kappa shape index (κ2) is 8.30. The van der Waals surface area contributed by atoms with Gasteiger partial charge in [0.1, 0.15) is 17.4 Å². The largest absolute Gasteiger partial charge is 0.487 e. The van der Waals surface area contributed by atoms with E-state index in [1.807, 2.05) is 57.2 Å². The maximum absolute atomic E-state index is 13.2. The predicted octanol–water partition coefficient (Wildman–Crippen LogP) is 3.82. The van der Waals surface area contributed by atoms with Gasteiger partial charge in [-0.2, -0.15) is 0 Å². The molecule has 6 nitrogen and oxygen atoms in total. The van der Waals surface area contributed by atoms with Crippen LogP contribution in [-0.4, -0.2) is 32.2 Å². The quantitative estimate of drug-likeness (QED) is 0.756. The fourth-order valence-electron chi connectivity index (χ4n) is 3.91. The van der Waals surface area contributed by atoms with E-state index < -0.39 is 21.7 Å². The number of rotatable bonds is 6. The number of anilines is 1. The zero-order valence-corrected chi connectivity index (χ0v) is 19.0. The van der Waals surface area contributed by atoms with Gasteiger partial charge in [-0.3, -0.25) is 9.10 Å². The van der Waals surface area contributed by atoms with Gasteiger partial charge in [0.2, 0.25) is 15.9 Å². The molecular formula is C23H30N2O4S. The lowest BCUT2D eigenvalue weighted by atomic mass is 9.89. The van der Waals surface area contributed by atoms with E-state index in [0.717, 1.165) is 29.6 Å². The van der Waals surface area contributed by atoms with E-state index in [-0.39, 0.29) is 11.9 Å². The first-order chi connectivity index (χ1) is 14.0. The molecule has 2 aromatic carbocycles. The van der Waals surface area contributed by atoms with E-state index in [1.165, 1.54) is 4.31 Å². The van der Waals surface area contributed by atoms with E-state index in [1.54, 1.807) is 19.1 Å². The van der Waals surface area contributed by atoms with Gasteiger partial charge in [0, 0.05) is 12.0 Å². The molecule has 2 atom stereocenters. The summed E-state index contributed by atoms with van der Waals surface area (Å²) in [4.78, 5) is 13.2. The summed E-state index contributed by atoms with van der Waals surface area (Å²) < 4.78 is 32.3. The summed E-state index contributed by atoms with van der Waals surface area (Å²) in [5.41, 5.74) is 2.04. The second-order valence-corrected chi connectivity index (χ2v) is 10.3. The molecule has 0 aromatic heterocycles. The number of sulfonamides is 1. The van der Waals surface area contributed by atoms with Gasteiger partial charge < -0.3 is 10.1 Å². The molecule has 1 aliphatic rings. The Kier molecular flexibility index (Phi) is 6.13. The minimum Gasteiger partial charge on any atom is -0.487 e. The Morgan fingerprint density at radius 1 is 1.20 bits per heavy atom. The molecule has 0 spiro atoms. The first-order valence-electron chi connectivity index (χ1n) is 10.2. The number of hydrogen-bond acceptors (Lipinski definition) is 4. The molecular weight excluding hydrogens is 400 g/mol. The van der Waals surface area contributed by atoms with Crippen LogP contribution in [0.5, 0.6) is 5.75 Å². The Balaban J connectivity index is 1.87. The van der Waals surface area contributed by atoms with Crippen molar-refractivity contribution in [2.24, 2.45) is 0 Å². The van der Waals surface area contributed by atoms with Crippen LogP contribution in [0, 0.1) is 0 Å². The van der Waals surface area contributed by atoms with Crippen molar-refractivity contribution in [3.05, 3.63) is 59.7 Å². The number of nitrogens with zero attached hydrogens (tertiary/aromatic N) is 1. The molecule has 1 amide bonds. The average molecular weight is 431 g/mol. The Bertz CT molecular complexity index is 1020. The van der Waals surface area contributed by atoms with Crippen LogP contribution >= 0.6 is 0 Å². The highest BCUT2D eigenvalue weighted by atomic mass is 32.2. The van der Waals surface area contributed by atoms with Crippen LogP contribution in [0.2, 0.25) is 0 Å². The summed E-state index contributed by atoms with van der Waals surface area (Å²) in [6.45, 7) is 7.60. The number of aryl methyl sites for hydroxylation is 1. The maximum atomic E-state index is 13.2. The van der Waals surface area contributed by atoms with Gasteiger partial charge in [-0.15, -0.1) is 0 Å².